The Morgan fingerprint density at radius 1 is 1.24 bits per heavy atom. The molecule has 0 aliphatic carbocycles. The van der Waals surface area contributed by atoms with Gasteiger partial charge in [0.2, 0.25) is 0 Å². The van der Waals surface area contributed by atoms with Crippen LogP contribution in [0.4, 0.5) is 8.78 Å². The summed E-state index contributed by atoms with van der Waals surface area (Å²) in [5.41, 5.74) is 0.448. The first kappa shape index (κ1) is 17.4. The zero-order chi connectivity index (χ0) is 16.0. The fourth-order valence-corrected chi connectivity index (χ4v) is 2.06. The Morgan fingerprint density at radius 2 is 1.81 bits per heavy atom. The van der Waals surface area contributed by atoms with Crippen LogP contribution in [0.2, 0.25) is 0 Å². The second-order valence-corrected chi connectivity index (χ2v) is 4.91. The van der Waals surface area contributed by atoms with Crippen LogP contribution in [0.5, 0.6) is 5.75 Å². The molecular formula is C15H20F2O4. The topological polar surface area (TPSA) is 55.8 Å². The van der Waals surface area contributed by atoms with Crippen molar-refractivity contribution in [2.24, 2.45) is 11.8 Å². The summed E-state index contributed by atoms with van der Waals surface area (Å²) in [7, 11) is 0. The van der Waals surface area contributed by atoms with Gasteiger partial charge < -0.3 is 14.6 Å². The van der Waals surface area contributed by atoms with Gasteiger partial charge in [0.15, 0.2) is 0 Å². The normalized spacial score (nSPS) is 14.1. The summed E-state index contributed by atoms with van der Waals surface area (Å²) in [5.74, 6) is -1.33. The van der Waals surface area contributed by atoms with Crippen molar-refractivity contribution in [3.8, 4) is 5.75 Å². The van der Waals surface area contributed by atoms with E-state index in [4.69, 9.17) is 4.74 Å². The molecule has 2 unspecified atom stereocenters. The summed E-state index contributed by atoms with van der Waals surface area (Å²) >= 11 is 0. The molecule has 2 atom stereocenters. The van der Waals surface area contributed by atoms with E-state index in [2.05, 4.69) is 4.74 Å². The number of benzene rings is 1. The summed E-state index contributed by atoms with van der Waals surface area (Å²) in [6, 6.07) is 5.56. The molecule has 0 bridgehead atoms. The van der Waals surface area contributed by atoms with Crippen LogP contribution < -0.4 is 4.74 Å². The van der Waals surface area contributed by atoms with Crippen LogP contribution in [0.1, 0.15) is 32.4 Å². The van der Waals surface area contributed by atoms with Crippen molar-refractivity contribution in [2.45, 2.75) is 33.5 Å². The molecule has 1 aromatic rings. The number of aliphatic hydroxyl groups is 1. The smallest absolute Gasteiger partial charge is 0.387 e. The predicted molar refractivity (Wildman–Crippen MR) is 73.0 cm³/mol. The molecule has 0 spiro atoms. The quantitative estimate of drug-likeness (QED) is 0.786. The number of rotatable bonds is 7. The van der Waals surface area contributed by atoms with Crippen molar-refractivity contribution < 1.29 is 28.2 Å². The highest BCUT2D eigenvalue weighted by Crippen LogP contribution is 2.30. The summed E-state index contributed by atoms with van der Waals surface area (Å²) in [6.45, 7) is 2.63. The van der Waals surface area contributed by atoms with E-state index >= 15 is 0 Å². The molecule has 4 nitrogen and oxygen atoms in total. The van der Waals surface area contributed by atoms with Crippen molar-refractivity contribution in [1.82, 2.24) is 0 Å². The van der Waals surface area contributed by atoms with Crippen molar-refractivity contribution in [2.75, 3.05) is 6.61 Å². The van der Waals surface area contributed by atoms with Crippen LogP contribution >= 0.6 is 0 Å². The summed E-state index contributed by atoms with van der Waals surface area (Å²) in [5, 5.41) is 10.3. The van der Waals surface area contributed by atoms with Gasteiger partial charge >= 0.3 is 12.6 Å². The second kappa shape index (κ2) is 7.93. The molecule has 0 aliphatic heterocycles. The van der Waals surface area contributed by atoms with Gasteiger partial charge in [0.05, 0.1) is 18.6 Å². The van der Waals surface area contributed by atoms with Gasteiger partial charge in [-0.15, -0.1) is 0 Å². The number of hydrogen-bond acceptors (Lipinski definition) is 4. The number of halogens is 2. The van der Waals surface area contributed by atoms with E-state index in [-0.39, 0.29) is 18.3 Å². The Hall–Kier alpha value is -1.69. The molecule has 21 heavy (non-hydrogen) atoms. The Kier molecular flexibility index (Phi) is 6.55. The number of carbonyl (C=O) groups excluding carboxylic acids is 1. The molecule has 0 saturated heterocycles. The fraction of sp³-hybridized carbons (Fsp3) is 0.533. The van der Waals surface area contributed by atoms with E-state index in [0.717, 1.165) is 0 Å². The number of hydrogen-bond donors (Lipinski definition) is 1. The van der Waals surface area contributed by atoms with Crippen LogP contribution in [0.25, 0.3) is 0 Å². The van der Waals surface area contributed by atoms with Crippen molar-refractivity contribution in [3.05, 3.63) is 29.8 Å². The zero-order valence-electron chi connectivity index (χ0n) is 12.3. The van der Waals surface area contributed by atoms with Gasteiger partial charge in [-0.2, -0.15) is 8.78 Å². The minimum Gasteiger partial charge on any atom is -0.466 e. The minimum atomic E-state index is -2.90. The highest BCUT2D eigenvalue weighted by atomic mass is 19.3. The third-order valence-corrected chi connectivity index (χ3v) is 3.06. The Morgan fingerprint density at radius 3 is 2.24 bits per heavy atom. The maximum absolute atomic E-state index is 12.1. The molecular weight excluding hydrogens is 282 g/mol. The lowest BCUT2D eigenvalue weighted by Crippen LogP contribution is -2.29. The molecule has 6 heteroatoms. The van der Waals surface area contributed by atoms with E-state index in [1.807, 2.05) is 0 Å². The second-order valence-electron chi connectivity index (χ2n) is 4.91. The summed E-state index contributed by atoms with van der Waals surface area (Å²) in [6.07, 6.45) is -1.07. The Labute approximate surface area is 122 Å². The number of aliphatic hydroxyl groups excluding tert-OH is 1. The van der Waals surface area contributed by atoms with Gasteiger partial charge in [-0.05, 0) is 30.5 Å². The summed E-state index contributed by atoms with van der Waals surface area (Å²) in [4.78, 5) is 11.9. The minimum absolute atomic E-state index is 0.00168. The molecule has 0 saturated carbocycles. The third-order valence-electron chi connectivity index (χ3n) is 3.06. The lowest BCUT2D eigenvalue weighted by Gasteiger charge is -2.24. The maximum atomic E-state index is 12.1. The van der Waals surface area contributed by atoms with Gasteiger partial charge in [0.25, 0.3) is 0 Å². The standard InChI is InChI=1S/C15H20F2O4/c1-4-20-14(19)12(9(2)3)13(18)10-5-7-11(8-6-10)21-15(16)17/h5-9,12-13,15,18H,4H2,1-3H3. The van der Waals surface area contributed by atoms with Crippen LogP contribution in [0, 0.1) is 11.8 Å². The van der Waals surface area contributed by atoms with Gasteiger partial charge in [0, 0.05) is 0 Å². The first-order valence-corrected chi connectivity index (χ1v) is 6.76. The first-order chi connectivity index (χ1) is 9.86. The van der Waals surface area contributed by atoms with Crippen LogP contribution in [-0.2, 0) is 9.53 Å². The van der Waals surface area contributed by atoms with Crippen molar-refractivity contribution in [1.29, 1.82) is 0 Å². The molecule has 0 aliphatic rings. The summed E-state index contributed by atoms with van der Waals surface area (Å²) < 4.78 is 33.3. The van der Waals surface area contributed by atoms with E-state index in [1.165, 1.54) is 24.3 Å². The zero-order valence-corrected chi connectivity index (χ0v) is 12.3. The Balaban J connectivity index is 2.88. The van der Waals surface area contributed by atoms with E-state index in [0.29, 0.717) is 5.56 Å². The molecule has 1 aromatic carbocycles. The van der Waals surface area contributed by atoms with Crippen molar-refractivity contribution in [3.63, 3.8) is 0 Å². The SMILES string of the molecule is CCOC(=O)C(C(C)C)C(O)c1ccc(OC(F)F)cc1. The van der Waals surface area contributed by atoms with Gasteiger partial charge in [-0.1, -0.05) is 26.0 Å². The number of carbonyl (C=O) groups is 1. The molecule has 1 rings (SSSR count). The number of alkyl halides is 2. The van der Waals surface area contributed by atoms with E-state index in [9.17, 15) is 18.7 Å². The van der Waals surface area contributed by atoms with Crippen LogP contribution in [0.3, 0.4) is 0 Å². The molecule has 0 heterocycles. The van der Waals surface area contributed by atoms with Gasteiger partial charge in [0.1, 0.15) is 5.75 Å². The first-order valence-electron chi connectivity index (χ1n) is 6.76. The highest BCUT2D eigenvalue weighted by molar-refractivity contribution is 5.73. The van der Waals surface area contributed by atoms with Crippen LogP contribution in [-0.4, -0.2) is 24.3 Å². The number of ether oxygens (including phenoxy) is 2. The van der Waals surface area contributed by atoms with E-state index < -0.39 is 24.6 Å². The molecule has 0 aromatic heterocycles. The van der Waals surface area contributed by atoms with Crippen molar-refractivity contribution >= 4 is 5.97 Å². The lowest BCUT2D eigenvalue weighted by atomic mass is 9.86. The average molecular weight is 302 g/mol. The average Bonchev–Trinajstić information content (AvgIpc) is 2.38. The molecule has 0 fully saturated rings. The van der Waals surface area contributed by atoms with Gasteiger partial charge in [-0.3, -0.25) is 4.79 Å². The van der Waals surface area contributed by atoms with Crippen LogP contribution in [0.15, 0.2) is 24.3 Å². The van der Waals surface area contributed by atoms with E-state index in [1.54, 1.807) is 20.8 Å². The monoisotopic (exact) mass is 302 g/mol. The molecule has 0 amide bonds. The molecule has 1 N–H and O–H groups in total. The Bertz CT molecular complexity index is 445. The third kappa shape index (κ3) is 4.97. The van der Waals surface area contributed by atoms with Gasteiger partial charge in [-0.25, -0.2) is 0 Å². The number of esters is 1. The molecule has 0 radical (unpaired) electrons. The largest absolute Gasteiger partial charge is 0.466 e. The highest BCUT2D eigenvalue weighted by Gasteiger charge is 2.32. The predicted octanol–water partition coefficient (Wildman–Crippen LogP) is 3.16. The molecule has 118 valence electrons. The lowest BCUT2D eigenvalue weighted by molar-refractivity contribution is -0.154. The maximum Gasteiger partial charge on any atom is 0.387 e. The fourth-order valence-electron chi connectivity index (χ4n) is 2.06.